The Morgan fingerprint density at radius 2 is 2.12 bits per heavy atom. The lowest BCUT2D eigenvalue weighted by Gasteiger charge is -2.22. The number of aliphatic hydroxyl groups is 1. The van der Waals surface area contributed by atoms with Crippen molar-refractivity contribution in [1.29, 1.82) is 0 Å². The molecule has 6 heteroatoms. The third kappa shape index (κ3) is 3.57. The highest BCUT2D eigenvalue weighted by molar-refractivity contribution is 6.31. The first kappa shape index (κ1) is 17.6. The molecule has 2 aromatic rings. The van der Waals surface area contributed by atoms with E-state index in [1.165, 1.54) is 0 Å². The molecule has 1 unspecified atom stereocenters. The van der Waals surface area contributed by atoms with E-state index in [4.69, 9.17) is 21.1 Å². The molecule has 1 atom stereocenters. The number of hydrogen-bond acceptors (Lipinski definition) is 5. The van der Waals surface area contributed by atoms with Gasteiger partial charge in [0.15, 0.2) is 0 Å². The number of aromatic nitrogens is 1. The molecule has 0 saturated carbocycles. The summed E-state index contributed by atoms with van der Waals surface area (Å²) in [5.74, 6) is 1.21. The van der Waals surface area contributed by atoms with Gasteiger partial charge in [-0.25, -0.2) is 4.98 Å². The molecular formula is C19H21ClN2O3. The van der Waals surface area contributed by atoms with Gasteiger partial charge in [-0.2, -0.15) is 0 Å². The second-order valence-electron chi connectivity index (χ2n) is 5.96. The summed E-state index contributed by atoms with van der Waals surface area (Å²) >= 11 is 6.15. The van der Waals surface area contributed by atoms with Crippen molar-refractivity contribution in [2.45, 2.75) is 12.5 Å². The molecule has 1 aliphatic heterocycles. The number of hydrogen-bond donors (Lipinski definition) is 1. The van der Waals surface area contributed by atoms with Crippen molar-refractivity contribution in [2.24, 2.45) is 0 Å². The van der Waals surface area contributed by atoms with Crippen LogP contribution in [0.5, 0.6) is 11.6 Å². The third-order valence-electron chi connectivity index (χ3n) is 4.37. The first-order valence-electron chi connectivity index (χ1n) is 8.03. The zero-order valence-electron chi connectivity index (χ0n) is 14.3. The molecule has 1 aromatic heterocycles. The normalized spacial score (nSPS) is 16.8. The Labute approximate surface area is 152 Å². The van der Waals surface area contributed by atoms with E-state index in [-0.39, 0.29) is 6.10 Å². The van der Waals surface area contributed by atoms with Crippen LogP contribution >= 0.6 is 11.6 Å². The van der Waals surface area contributed by atoms with Gasteiger partial charge in [0.1, 0.15) is 5.75 Å². The molecule has 0 radical (unpaired) electrons. The first-order chi connectivity index (χ1) is 12.0. The highest BCUT2D eigenvalue weighted by Gasteiger charge is 2.24. The van der Waals surface area contributed by atoms with Crippen LogP contribution < -0.4 is 9.47 Å². The van der Waals surface area contributed by atoms with Crippen molar-refractivity contribution < 1.29 is 14.6 Å². The van der Waals surface area contributed by atoms with Crippen molar-refractivity contribution in [3.05, 3.63) is 47.6 Å². The fourth-order valence-electron chi connectivity index (χ4n) is 3.03. The van der Waals surface area contributed by atoms with Gasteiger partial charge in [0.2, 0.25) is 5.88 Å². The minimum atomic E-state index is -0.327. The second kappa shape index (κ2) is 7.33. The standard InChI is InChI=1S/C19H21ClN2O3/c1-12(22-7-6-15(23)11-22)16-8-13(10-21-19(16)25-3)17-9-14(20)4-5-18(17)24-2/h4-5,8-10,15,23H,1,6-7,11H2,2-3H3. The van der Waals surface area contributed by atoms with E-state index in [2.05, 4.69) is 11.6 Å². The number of likely N-dealkylation sites (tertiary alicyclic amines) is 1. The highest BCUT2D eigenvalue weighted by Crippen LogP contribution is 2.36. The van der Waals surface area contributed by atoms with E-state index >= 15 is 0 Å². The molecule has 1 aliphatic rings. The molecule has 1 N–H and O–H groups in total. The lowest BCUT2D eigenvalue weighted by Crippen LogP contribution is -2.20. The van der Waals surface area contributed by atoms with E-state index in [1.54, 1.807) is 26.5 Å². The van der Waals surface area contributed by atoms with Crippen LogP contribution in [0.3, 0.4) is 0 Å². The summed E-state index contributed by atoms with van der Waals surface area (Å²) in [6, 6.07) is 7.42. The maximum atomic E-state index is 9.79. The number of nitrogens with zero attached hydrogens (tertiary/aromatic N) is 2. The van der Waals surface area contributed by atoms with Crippen LogP contribution in [-0.4, -0.2) is 48.4 Å². The van der Waals surface area contributed by atoms with Crippen LogP contribution in [0.25, 0.3) is 16.8 Å². The van der Waals surface area contributed by atoms with E-state index in [0.29, 0.717) is 23.2 Å². The van der Waals surface area contributed by atoms with Gasteiger partial charge in [-0.1, -0.05) is 18.2 Å². The molecule has 0 aliphatic carbocycles. The summed E-state index contributed by atoms with van der Waals surface area (Å²) in [4.78, 5) is 6.46. The van der Waals surface area contributed by atoms with Gasteiger partial charge in [0.05, 0.1) is 25.9 Å². The molecular weight excluding hydrogens is 340 g/mol. The average molecular weight is 361 g/mol. The summed E-state index contributed by atoms with van der Waals surface area (Å²) in [6.45, 7) is 5.50. The van der Waals surface area contributed by atoms with Crippen LogP contribution in [0.4, 0.5) is 0 Å². The maximum absolute atomic E-state index is 9.79. The number of halogens is 1. The number of aliphatic hydroxyl groups excluding tert-OH is 1. The van der Waals surface area contributed by atoms with Crippen LogP contribution in [0, 0.1) is 0 Å². The zero-order valence-corrected chi connectivity index (χ0v) is 15.1. The lowest BCUT2D eigenvalue weighted by molar-refractivity contribution is 0.187. The molecule has 0 spiro atoms. The molecule has 0 amide bonds. The SMILES string of the molecule is C=C(c1cc(-c2cc(Cl)ccc2OC)cnc1OC)N1CCC(O)C1. The smallest absolute Gasteiger partial charge is 0.222 e. The fourth-order valence-corrected chi connectivity index (χ4v) is 3.20. The van der Waals surface area contributed by atoms with Crippen LogP contribution in [0.1, 0.15) is 12.0 Å². The van der Waals surface area contributed by atoms with E-state index in [9.17, 15) is 5.11 Å². The lowest BCUT2D eigenvalue weighted by atomic mass is 10.0. The number of pyridine rings is 1. The van der Waals surface area contributed by atoms with Gasteiger partial charge in [0.25, 0.3) is 0 Å². The molecule has 132 valence electrons. The summed E-state index contributed by atoms with van der Waals surface area (Å²) in [5, 5.41) is 10.4. The van der Waals surface area contributed by atoms with Gasteiger partial charge in [-0.05, 0) is 30.7 Å². The molecule has 1 aromatic carbocycles. The number of ether oxygens (including phenoxy) is 2. The van der Waals surface area contributed by atoms with Crippen LogP contribution in [-0.2, 0) is 0 Å². The van der Waals surface area contributed by atoms with E-state index < -0.39 is 0 Å². The monoisotopic (exact) mass is 360 g/mol. The van der Waals surface area contributed by atoms with Crippen molar-refractivity contribution in [3.63, 3.8) is 0 Å². The molecule has 5 nitrogen and oxygen atoms in total. The quantitative estimate of drug-likeness (QED) is 0.885. The molecule has 3 rings (SSSR count). The third-order valence-corrected chi connectivity index (χ3v) is 4.61. The maximum Gasteiger partial charge on any atom is 0.222 e. The van der Waals surface area contributed by atoms with Crippen molar-refractivity contribution in [1.82, 2.24) is 9.88 Å². The zero-order chi connectivity index (χ0) is 18.0. The largest absolute Gasteiger partial charge is 0.496 e. The van der Waals surface area contributed by atoms with Crippen LogP contribution in [0.15, 0.2) is 37.0 Å². The Balaban J connectivity index is 2.04. The van der Waals surface area contributed by atoms with Gasteiger partial charge in [0, 0.05) is 41.1 Å². The van der Waals surface area contributed by atoms with Crippen molar-refractivity contribution >= 4 is 17.3 Å². The molecule has 1 saturated heterocycles. The Kier molecular flexibility index (Phi) is 5.16. The van der Waals surface area contributed by atoms with Gasteiger partial charge in [-0.15, -0.1) is 0 Å². The number of methoxy groups -OCH3 is 2. The molecule has 2 heterocycles. The Morgan fingerprint density at radius 3 is 2.76 bits per heavy atom. The fraction of sp³-hybridized carbons (Fsp3) is 0.316. The predicted molar refractivity (Wildman–Crippen MR) is 99.0 cm³/mol. The van der Waals surface area contributed by atoms with Gasteiger partial charge in [-0.3, -0.25) is 0 Å². The minimum Gasteiger partial charge on any atom is -0.496 e. The van der Waals surface area contributed by atoms with Crippen molar-refractivity contribution in [3.8, 4) is 22.8 Å². The van der Waals surface area contributed by atoms with E-state index in [1.807, 2.05) is 23.1 Å². The number of benzene rings is 1. The average Bonchev–Trinajstić information content (AvgIpc) is 3.07. The molecule has 0 bridgehead atoms. The summed E-state index contributed by atoms with van der Waals surface area (Å²) in [5.41, 5.74) is 3.27. The molecule has 1 fully saturated rings. The predicted octanol–water partition coefficient (Wildman–Crippen LogP) is 3.46. The van der Waals surface area contributed by atoms with Crippen molar-refractivity contribution in [2.75, 3.05) is 27.3 Å². The first-order valence-corrected chi connectivity index (χ1v) is 8.41. The second-order valence-corrected chi connectivity index (χ2v) is 6.40. The highest BCUT2D eigenvalue weighted by atomic mass is 35.5. The number of β-amino-alcohol motifs (C(OH)–C–C–N with tert-alkyl or cyclic N) is 1. The Hall–Kier alpha value is -2.24. The van der Waals surface area contributed by atoms with Crippen LogP contribution in [0.2, 0.25) is 5.02 Å². The van der Waals surface area contributed by atoms with Gasteiger partial charge < -0.3 is 19.5 Å². The molecule has 25 heavy (non-hydrogen) atoms. The Bertz CT molecular complexity index is 794. The summed E-state index contributed by atoms with van der Waals surface area (Å²) in [7, 11) is 3.20. The van der Waals surface area contributed by atoms with E-state index in [0.717, 1.165) is 35.4 Å². The van der Waals surface area contributed by atoms with Gasteiger partial charge >= 0.3 is 0 Å². The summed E-state index contributed by atoms with van der Waals surface area (Å²) in [6.07, 6.45) is 2.13. The number of rotatable bonds is 5. The Morgan fingerprint density at radius 1 is 1.32 bits per heavy atom. The minimum absolute atomic E-state index is 0.327. The topological polar surface area (TPSA) is 54.8 Å². The summed E-state index contributed by atoms with van der Waals surface area (Å²) < 4.78 is 10.8.